The van der Waals surface area contributed by atoms with Crippen LogP contribution in [0.2, 0.25) is 0 Å². The largest absolute Gasteiger partial charge is 0.373 e. The van der Waals surface area contributed by atoms with E-state index in [9.17, 15) is 18.0 Å². The highest BCUT2D eigenvalue weighted by molar-refractivity contribution is 5.53. The zero-order valence-corrected chi connectivity index (χ0v) is 8.96. The van der Waals surface area contributed by atoms with Crippen LogP contribution in [0.25, 0.3) is 0 Å². The molecular weight excluding hydrogens is 233 g/mol. The van der Waals surface area contributed by atoms with Crippen molar-refractivity contribution >= 4 is 6.29 Å². The Balaban J connectivity index is 2.16. The van der Waals surface area contributed by atoms with Crippen LogP contribution in [0.4, 0.5) is 13.2 Å². The standard InChI is InChI=1S/C12H11F3O2/c13-9-3-8(4-10(14)12(9)15)11-2-1-7(5-16)6-17-11/h3-5,7,11H,1-2,6H2. The summed E-state index contributed by atoms with van der Waals surface area (Å²) >= 11 is 0. The molecular formula is C12H11F3O2. The lowest BCUT2D eigenvalue weighted by Gasteiger charge is -2.26. The van der Waals surface area contributed by atoms with E-state index in [1.165, 1.54) is 0 Å². The van der Waals surface area contributed by atoms with Crippen LogP contribution in [0, 0.1) is 23.4 Å². The summed E-state index contributed by atoms with van der Waals surface area (Å²) in [5, 5.41) is 0. The monoisotopic (exact) mass is 244 g/mol. The first-order valence-electron chi connectivity index (χ1n) is 5.33. The number of benzene rings is 1. The van der Waals surface area contributed by atoms with Crippen LogP contribution in [-0.2, 0) is 9.53 Å². The highest BCUT2D eigenvalue weighted by Gasteiger charge is 2.24. The maximum Gasteiger partial charge on any atom is 0.194 e. The summed E-state index contributed by atoms with van der Waals surface area (Å²) < 4.78 is 44.1. The van der Waals surface area contributed by atoms with E-state index >= 15 is 0 Å². The Hall–Kier alpha value is -1.36. The molecule has 1 heterocycles. The van der Waals surface area contributed by atoms with Gasteiger partial charge in [0.05, 0.1) is 12.7 Å². The summed E-state index contributed by atoms with van der Waals surface area (Å²) in [6.07, 6.45) is 1.43. The maximum absolute atomic E-state index is 13.0. The summed E-state index contributed by atoms with van der Waals surface area (Å²) in [7, 11) is 0. The van der Waals surface area contributed by atoms with E-state index in [4.69, 9.17) is 4.74 Å². The highest BCUT2D eigenvalue weighted by atomic mass is 19.2. The molecule has 1 aromatic rings. The molecule has 1 aliphatic rings. The average Bonchev–Trinajstić information content (AvgIpc) is 2.35. The molecule has 2 unspecified atom stereocenters. The van der Waals surface area contributed by atoms with Gasteiger partial charge in [0.2, 0.25) is 0 Å². The lowest BCUT2D eigenvalue weighted by molar-refractivity contribution is -0.117. The van der Waals surface area contributed by atoms with Gasteiger partial charge in [-0.05, 0) is 30.5 Å². The van der Waals surface area contributed by atoms with E-state index in [0.29, 0.717) is 12.8 Å². The van der Waals surface area contributed by atoms with Gasteiger partial charge in [-0.2, -0.15) is 0 Å². The van der Waals surface area contributed by atoms with Crippen LogP contribution < -0.4 is 0 Å². The van der Waals surface area contributed by atoms with Crippen molar-refractivity contribution in [3.05, 3.63) is 35.1 Å². The SMILES string of the molecule is O=CC1CCC(c2cc(F)c(F)c(F)c2)OC1. The van der Waals surface area contributed by atoms with Gasteiger partial charge in [0.1, 0.15) is 6.29 Å². The second-order valence-corrected chi connectivity index (χ2v) is 4.09. The van der Waals surface area contributed by atoms with Crippen molar-refractivity contribution in [1.29, 1.82) is 0 Å². The summed E-state index contributed by atoms with van der Waals surface area (Å²) in [6.45, 7) is 0.231. The van der Waals surface area contributed by atoms with E-state index in [-0.39, 0.29) is 18.1 Å². The fourth-order valence-electron chi connectivity index (χ4n) is 1.90. The Bertz CT molecular complexity index is 403. The summed E-state index contributed by atoms with van der Waals surface area (Å²) in [5.74, 6) is -4.08. The van der Waals surface area contributed by atoms with Crippen molar-refractivity contribution < 1.29 is 22.7 Å². The molecule has 0 bridgehead atoms. The smallest absolute Gasteiger partial charge is 0.194 e. The summed E-state index contributed by atoms with van der Waals surface area (Å²) in [6, 6.07) is 1.87. The van der Waals surface area contributed by atoms with Crippen LogP contribution in [0.5, 0.6) is 0 Å². The molecule has 1 fully saturated rings. The van der Waals surface area contributed by atoms with E-state index < -0.39 is 23.6 Å². The zero-order chi connectivity index (χ0) is 12.4. The lowest BCUT2D eigenvalue weighted by Crippen LogP contribution is -2.21. The quantitative estimate of drug-likeness (QED) is 0.590. The van der Waals surface area contributed by atoms with Crippen molar-refractivity contribution in [2.24, 2.45) is 5.92 Å². The molecule has 0 aromatic heterocycles. The Morgan fingerprint density at radius 3 is 2.29 bits per heavy atom. The molecule has 0 radical (unpaired) electrons. The number of hydrogen-bond donors (Lipinski definition) is 0. The normalized spacial score (nSPS) is 24.6. The molecule has 0 N–H and O–H groups in total. The topological polar surface area (TPSA) is 26.3 Å². The second-order valence-electron chi connectivity index (χ2n) is 4.09. The lowest BCUT2D eigenvalue weighted by atomic mass is 9.95. The summed E-state index contributed by atoms with van der Waals surface area (Å²) in [4.78, 5) is 10.5. The molecule has 2 nitrogen and oxygen atoms in total. The molecule has 1 aliphatic heterocycles. The predicted molar refractivity (Wildman–Crippen MR) is 53.8 cm³/mol. The van der Waals surface area contributed by atoms with E-state index in [1.54, 1.807) is 0 Å². The minimum atomic E-state index is -1.48. The van der Waals surface area contributed by atoms with E-state index in [1.807, 2.05) is 0 Å². The predicted octanol–water partition coefficient (Wildman–Crippen LogP) is 2.77. The summed E-state index contributed by atoms with van der Waals surface area (Å²) in [5.41, 5.74) is 0.269. The van der Waals surface area contributed by atoms with Gasteiger partial charge in [-0.3, -0.25) is 0 Å². The number of carbonyl (C=O) groups is 1. The molecule has 2 rings (SSSR count). The zero-order valence-electron chi connectivity index (χ0n) is 8.96. The minimum absolute atomic E-state index is 0.165. The Morgan fingerprint density at radius 2 is 1.82 bits per heavy atom. The van der Waals surface area contributed by atoms with Crippen LogP contribution in [-0.4, -0.2) is 12.9 Å². The van der Waals surface area contributed by atoms with Crippen LogP contribution >= 0.6 is 0 Å². The first kappa shape index (κ1) is 12.1. The molecule has 1 aromatic carbocycles. The number of halogens is 3. The molecule has 0 amide bonds. The van der Waals surface area contributed by atoms with Crippen LogP contribution in [0.3, 0.4) is 0 Å². The number of aldehydes is 1. The van der Waals surface area contributed by atoms with Crippen LogP contribution in [0.1, 0.15) is 24.5 Å². The van der Waals surface area contributed by atoms with Gasteiger partial charge in [-0.1, -0.05) is 0 Å². The maximum atomic E-state index is 13.0. The molecule has 2 atom stereocenters. The number of rotatable bonds is 2. The van der Waals surface area contributed by atoms with Gasteiger partial charge < -0.3 is 9.53 Å². The van der Waals surface area contributed by atoms with Gasteiger partial charge >= 0.3 is 0 Å². The van der Waals surface area contributed by atoms with E-state index in [2.05, 4.69) is 0 Å². The first-order chi connectivity index (χ1) is 8.11. The molecule has 5 heteroatoms. The van der Waals surface area contributed by atoms with Gasteiger partial charge in [0, 0.05) is 5.92 Å². The van der Waals surface area contributed by atoms with Gasteiger partial charge in [0.15, 0.2) is 17.5 Å². The van der Waals surface area contributed by atoms with Crippen molar-refractivity contribution in [3.8, 4) is 0 Å². The van der Waals surface area contributed by atoms with Crippen molar-refractivity contribution in [1.82, 2.24) is 0 Å². The number of ether oxygens (including phenoxy) is 1. The van der Waals surface area contributed by atoms with Crippen molar-refractivity contribution in [2.75, 3.05) is 6.61 Å². The molecule has 1 saturated heterocycles. The molecule has 92 valence electrons. The third-order valence-electron chi connectivity index (χ3n) is 2.88. The van der Waals surface area contributed by atoms with Crippen molar-refractivity contribution in [3.63, 3.8) is 0 Å². The third-order valence-corrected chi connectivity index (χ3v) is 2.88. The molecule has 0 saturated carbocycles. The van der Waals surface area contributed by atoms with Gasteiger partial charge in [0.25, 0.3) is 0 Å². The number of hydrogen-bond acceptors (Lipinski definition) is 2. The molecule has 0 spiro atoms. The van der Waals surface area contributed by atoms with Gasteiger partial charge in [-0.15, -0.1) is 0 Å². The van der Waals surface area contributed by atoms with Gasteiger partial charge in [-0.25, -0.2) is 13.2 Å². The molecule has 17 heavy (non-hydrogen) atoms. The van der Waals surface area contributed by atoms with E-state index in [0.717, 1.165) is 18.4 Å². The van der Waals surface area contributed by atoms with Crippen LogP contribution in [0.15, 0.2) is 12.1 Å². The molecule has 0 aliphatic carbocycles. The van der Waals surface area contributed by atoms with Crippen molar-refractivity contribution in [2.45, 2.75) is 18.9 Å². The third kappa shape index (κ3) is 2.49. The number of carbonyl (C=O) groups excluding carboxylic acids is 1. The average molecular weight is 244 g/mol. The fourth-order valence-corrected chi connectivity index (χ4v) is 1.90. The highest BCUT2D eigenvalue weighted by Crippen LogP contribution is 2.31. The Morgan fingerprint density at radius 1 is 1.18 bits per heavy atom. The Labute approximate surface area is 96.4 Å². The Kier molecular flexibility index (Phi) is 3.47. The minimum Gasteiger partial charge on any atom is -0.373 e. The first-order valence-corrected chi connectivity index (χ1v) is 5.33. The fraction of sp³-hybridized carbons (Fsp3) is 0.417. The second kappa shape index (κ2) is 4.87.